The number of benzene rings is 2. The summed E-state index contributed by atoms with van der Waals surface area (Å²) in [5, 5.41) is 2.61. The average Bonchev–Trinajstić information content (AvgIpc) is 2.52. The standard InChI is InChI=1S/C20H24OSi/c1-5-6-17-21-22(20(2,3)4,18-13-9-7-10-14-18)19-15-11-8-12-16-19/h7-16H,17H2,1-4H3. The molecule has 0 atom stereocenters. The van der Waals surface area contributed by atoms with Crippen LogP contribution in [0.15, 0.2) is 60.7 Å². The Kier molecular flexibility index (Phi) is 5.23. The van der Waals surface area contributed by atoms with E-state index in [0.29, 0.717) is 6.61 Å². The van der Waals surface area contributed by atoms with Crippen LogP contribution in [0.4, 0.5) is 0 Å². The summed E-state index contributed by atoms with van der Waals surface area (Å²) < 4.78 is 6.57. The lowest BCUT2D eigenvalue weighted by Crippen LogP contribution is -2.66. The molecule has 0 aromatic heterocycles. The number of rotatable bonds is 4. The predicted octanol–water partition coefficient (Wildman–Crippen LogP) is 3.59. The first-order chi connectivity index (χ1) is 10.5. The average molecular weight is 308 g/mol. The van der Waals surface area contributed by atoms with E-state index >= 15 is 0 Å². The summed E-state index contributed by atoms with van der Waals surface area (Å²) in [7, 11) is -2.39. The Balaban J connectivity index is 2.66. The monoisotopic (exact) mass is 308 g/mol. The minimum absolute atomic E-state index is 0.0190. The quantitative estimate of drug-likeness (QED) is 0.619. The second-order valence-corrected chi connectivity index (χ2v) is 10.7. The fourth-order valence-corrected chi connectivity index (χ4v) is 7.42. The Bertz CT molecular complexity index is 605. The zero-order chi connectivity index (χ0) is 16.1. The normalized spacial score (nSPS) is 11.6. The van der Waals surface area contributed by atoms with Crippen molar-refractivity contribution in [3.8, 4) is 11.8 Å². The van der Waals surface area contributed by atoms with Crippen molar-refractivity contribution >= 4 is 18.7 Å². The highest BCUT2D eigenvalue weighted by molar-refractivity contribution is 6.99. The van der Waals surface area contributed by atoms with Gasteiger partial charge in [-0.15, -0.1) is 5.92 Å². The van der Waals surface area contributed by atoms with Crippen LogP contribution in [0, 0.1) is 11.8 Å². The molecule has 0 N–H and O–H groups in total. The highest BCUT2D eigenvalue weighted by Crippen LogP contribution is 2.36. The van der Waals surface area contributed by atoms with Crippen LogP contribution in [0.25, 0.3) is 0 Å². The Morgan fingerprint density at radius 1 is 0.864 bits per heavy atom. The van der Waals surface area contributed by atoms with Gasteiger partial charge in [0, 0.05) is 0 Å². The molecule has 0 spiro atoms. The van der Waals surface area contributed by atoms with Gasteiger partial charge in [-0.05, 0) is 22.3 Å². The van der Waals surface area contributed by atoms with Gasteiger partial charge in [-0.3, -0.25) is 0 Å². The second kappa shape index (κ2) is 6.96. The maximum Gasteiger partial charge on any atom is 0.262 e. The lowest BCUT2D eigenvalue weighted by atomic mass is 10.2. The first kappa shape index (κ1) is 16.5. The smallest absolute Gasteiger partial charge is 0.262 e. The zero-order valence-corrected chi connectivity index (χ0v) is 14.9. The minimum Gasteiger partial charge on any atom is -0.396 e. The topological polar surface area (TPSA) is 9.23 Å². The highest BCUT2D eigenvalue weighted by Gasteiger charge is 2.49. The Labute approximate surface area is 135 Å². The molecule has 0 aliphatic rings. The summed E-state index contributed by atoms with van der Waals surface area (Å²) >= 11 is 0. The van der Waals surface area contributed by atoms with Crippen molar-refractivity contribution in [1.29, 1.82) is 0 Å². The molecule has 0 radical (unpaired) electrons. The lowest BCUT2D eigenvalue weighted by molar-refractivity contribution is 0.346. The summed E-state index contributed by atoms with van der Waals surface area (Å²) in [5.41, 5.74) is 0. The van der Waals surface area contributed by atoms with Crippen molar-refractivity contribution in [3.05, 3.63) is 60.7 Å². The molecular weight excluding hydrogens is 284 g/mol. The van der Waals surface area contributed by atoms with Crippen molar-refractivity contribution in [2.75, 3.05) is 6.61 Å². The Morgan fingerprint density at radius 3 is 1.68 bits per heavy atom. The van der Waals surface area contributed by atoms with Gasteiger partial charge in [0.15, 0.2) is 0 Å². The maximum atomic E-state index is 6.57. The van der Waals surface area contributed by atoms with Crippen molar-refractivity contribution in [1.82, 2.24) is 0 Å². The van der Waals surface area contributed by atoms with E-state index < -0.39 is 8.32 Å². The van der Waals surface area contributed by atoms with E-state index in [0.717, 1.165) is 0 Å². The molecule has 0 aliphatic carbocycles. The largest absolute Gasteiger partial charge is 0.396 e. The van der Waals surface area contributed by atoms with Crippen LogP contribution in [-0.2, 0) is 4.43 Å². The summed E-state index contributed by atoms with van der Waals surface area (Å²) in [6.45, 7) is 9.16. The molecule has 0 unspecified atom stereocenters. The second-order valence-electron chi connectivity index (χ2n) is 6.38. The zero-order valence-electron chi connectivity index (χ0n) is 13.9. The predicted molar refractivity (Wildman–Crippen MR) is 97.0 cm³/mol. The molecule has 0 bridgehead atoms. The molecule has 0 saturated carbocycles. The molecule has 114 valence electrons. The molecule has 0 amide bonds. The fraction of sp³-hybridized carbons (Fsp3) is 0.300. The third kappa shape index (κ3) is 3.16. The van der Waals surface area contributed by atoms with Crippen LogP contribution in [-0.4, -0.2) is 14.9 Å². The number of hydrogen-bond acceptors (Lipinski definition) is 1. The Morgan fingerprint density at radius 2 is 1.32 bits per heavy atom. The van der Waals surface area contributed by atoms with E-state index in [4.69, 9.17) is 4.43 Å². The first-order valence-electron chi connectivity index (χ1n) is 7.67. The third-order valence-electron chi connectivity index (χ3n) is 3.95. The molecule has 0 fully saturated rings. The van der Waals surface area contributed by atoms with Gasteiger partial charge in [0.25, 0.3) is 8.32 Å². The summed E-state index contributed by atoms with van der Waals surface area (Å²) in [4.78, 5) is 0. The van der Waals surface area contributed by atoms with Gasteiger partial charge in [-0.2, -0.15) is 0 Å². The lowest BCUT2D eigenvalue weighted by Gasteiger charge is -2.42. The van der Waals surface area contributed by atoms with E-state index in [2.05, 4.69) is 93.3 Å². The summed E-state index contributed by atoms with van der Waals surface area (Å²) in [6.07, 6.45) is 0. The van der Waals surface area contributed by atoms with Gasteiger partial charge < -0.3 is 4.43 Å². The van der Waals surface area contributed by atoms with Crippen LogP contribution >= 0.6 is 0 Å². The molecule has 2 heteroatoms. The third-order valence-corrected chi connectivity index (χ3v) is 8.94. The molecule has 1 nitrogen and oxygen atoms in total. The van der Waals surface area contributed by atoms with Crippen LogP contribution in [0.3, 0.4) is 0 Å². The molecule has 2 rings (SSSR count). The summed E-state index contributed by atoms with van der Waals surface area (Å²) in [5.74, 6) is 6.02. The summed E-state index contributed by atoms with van der Waals surface area (Å²) in [6, 6.07) is 21.3. The fourth-order valence-electron chi connectivity index (χ4n) is 2.98. The highest BCUT2D eigenvalue weighted by atomic mass is 28.4. The van der Waals surface area contributed by atoms with E-state index in [1.807, 2.05) is 6.92 Å². The van der Waals surface area contributed by atoms with Crippen molar-refractivity contribution < 1.29 is 4.43 Å². The van der Waals surface area contributed by atoms with Gasteiger partial charge in [-0.25, -0.2) is 0 Å². The number of hydrogen-bond donors (Lipinski definition) is 0. The van der Waals surface area contributed by atoms with E-state index in [-0.39, 0.29) is 5.04 Å². The maximum absolute atomic E-state index is 6.57. The van der Waals surface area contributed by atoms with E-state index in [1.54, 1.807) is 0 Å². The van der Waals surface area contributed by atoms with Gasteiger partial charge in [0.1, 0.15) is 0 Å². The van der Waals surface area contributed by atoms with Crippen molar-refractivity contribution in [3.63, 3.8) is 0 Å². The molecule has 0 aliphatic heterocycles. The van der Waals surface area contributed by atoms with Crippen LogP contribution in [0.2, 0.25) is 5.04 Å². The molecular formula is C20H24OSi. The SMILES string of the molecule is CC#CCO[Si](c1ccccc1)(c1ccccc1)C(C)(C)C. The molecule has 2 aromatic carbocycles. The van der Waals surface area contributed by atoms with Crippen LogP contribution in [0.1, 0.15) is 27.7 Å². The minimum atomic E-state index is -2.39. The van der Waals surface area contributed by atoms with E-state index in [9.17, 15) is 0 Å². The van der Waals surface area contributed by atoms with Crippen LogP contribution < -0.4 is 10.4 Å². The van der Waals surface area contributed by atoms with Gasteiger partial charge >= 0.3 is 0 Å². The van der Waals surface area contributed by atoms with E-state index in [1.165, 1.54) is 10.4 Å². The first-order valence-corrected chi connectivity index (χ1v) is 9.58. The molecule has 22 heavy (non-hydrogen) atoms. The molecule has 0 saturated heterocycles. The van der Waals surface area contributed by atoms with Crippen molar-refractivity contribution in [2.45, 2.75) is 32.7 Å². The van der Waals surface area contributed by atoms with Gasteiger partial charge in [0.05, 0.1) is 6.61 Å². The molecule has 2 aromatic rings. The van der Waals surface area contributed by atoms with Crippen LogP contribution in [0.5, 0.6) is 0 Å². The van der Waals surface area contributed by atoms with Gasteiger partial charge in [0.2, 0.25) is 0 Å². The van der Waals surface area contributed by atoms with Gasteiger partial charge in [-0.1, -0.05) is 87.4 Å². The van der Waals surface area contributed by atoms with Crippen molar-refractivity contribution in [2.24, 2.45) is 0 Å². The molecule has 0 heterocycles. The Hall–Kier alpha value is -1.82.